The molecule has 0 fully saturated rings. The van der Waals surface area contributed by atoms with Crippen molar-refractivity contribution in [3.8, 4) is 6.07 Å². The molecule has 0 N–H and O–H groups in total. The van der Waals surface area contributed by atoms with Crippen LogP contribution < -0.4 is 9.80 Å². The van der Waals surface area contributed by atoms with E-state index in [0.29, 0.717) is 12.2 Å². The Labute approximate surface area is 130 Å². The van der Waals surface area contributed by atoms with E-state index >= 15 is 0 Å². The Morgan fingerprint density at radius 3 is 2.64 bits per heavy atom. The van der Waals surface area contributed by atoms with Gasteiger partial charge in [0.25, 0.3) is 0 Å². The summed E-state index contributed by atoms with van der Waals surface area (Å²) in [6, 6.07) is 15.2. The van der Waals surface area contributed by atoms with Crippen molar-refractivity contribution in [3.63, 3.8) is 0 Å². The number of hydrogen-bond donors (Lipinski definition) is 0. The van der Waals surface area contributed by atoms with Gasteiger partial charge < -0.3 is 9.80 Å². The largest absolute Gasteiger partial charge is 0.372 e. The zero-order valence-corrected chi connectivity index (χ0v) is 12.8. The Hall–Kier alpha value is -2.54. The average molecular weight is 295 g/mol. The van der Waals surface area contributed by atoms with Crippen molar-refractivity contribution in [2.24, 2.45) is 0 Å². The Kier molecular flexibility index (Phi) is 3.72. The second kappa shape index (κ2) is 5.69. The van der Waals surface area contributed by atoms with Gasteiger partial charge in [0.2, 0.25) is 0 Å². The van der Waals surface area contributed by atoms with Gasteiger partial charge in [-0.25, -0.2) is 4.39 Å². The molecule has 0 bridgehead atoms. The standard InChI is InChI=1S/C18H18FN3/c1-13-11-21(2)17-8-4-3-6-14(17)12-22(13)18-9-5-7-16(19)15(18)10-20/h3-9,13H,11-12H2,1-2H3. The van der Waals surface area contributed by atoms with Gasteiger partial charge in [0, 0.05) is 31.9 Å². The molecule has 1 aliphatic rings. The number of rotatable bonds is 1. The van der Waals surface area contributed by atoms with E-state index in [0.717, 1.165) is 6.54 Å². The molecule has 3 rings (SSSR count). The van der Waals surface area contributed by atoms with Crippen LogP contribution in [0.25, 0.3) is 0 Å². The highest BCUT2D eigenvalue weighted by atomic mass is 19.1. The lowest BCUT2D eigenvalue weighted by molar-refractivity contribution is 0.612. The fourth-order valence-electron chi connectivity index (χ4n) is 3.13. The molecular weight excluding hydrogens is 277 g/mol. The Morgan fingerprint density at radius 2 is 1.86 bits per heavy atom. The summed E-state index contributed by atoms with van der Waals surface area (Å²) in [6.45, 7) is 3.59. The van der Waals surface area contributed by atoms with Gasteiger partial charge >= 0.3 is 0 Å². The molecular formula is C18H18FN3. The Balaban J connectivity index is 2.09. The zero-order valence-electron chi connectivity index (χ0n) is 12.8. The van der Waals surface area contributed by atoms with Crippen molar-refractivity contribution >= 4 is 11.4 Å². The maximum atomic E-state index is 13.9. The molecule has 1 aliphatic heterocycles. The van der Waals surface area contributed by atoms with Crippen molar-refractivity contribution in [1.82, 2.24) is 0 Å². The number of benzene rings is 2. The van der Waals surface area contributed by atoms with E-state index in [1.165, 1.54) is 17.3 Å². The van der Waals surface area contributed by atoms with Crippen LogP contribution >= 0.6 is 0 Å². The first-order valence-corrected chi connectivity index (χ1v) is 7.36. The van der Waals surface area contributed by atoms with Gasteiger partial charge in [-0.2, -0.15) is 5.26 Å². The van der Waals surface area contributed by atoms with Crippen LogP contribution in [-0.4, -0.2) is 19.6 Å². The van der Waals surface area contributed by atoms with Crippen molar-refractivity contribution in [3.05, 3.63) is 59.4 Å². The van der Waals surface area contributed by atoms with Crippen LogP contribution in [0.4, 0.5) is 15.8 Å². The Morgan fingerprint density at radius 1 is 1.14 bits per heavy atom. The first-order valence-electron chi connectivity index (χ1n) is 7.36. The number of hydrogen-bond acceptors (Lipinski definition) is 3. The highest BCUT2D eigenvalue weighted by molar-refractivity contribution is 5.64. The van der Waals surface area contributed by atoms with E-state index in [-0.39, 0.29) is 11.6 Å². The van der Waals surface area contributed by atoms with E-state index in [1.807, 2.05) is 24.3 Å². The molecule has 2 aromatic carbocycles. The molecule has 0 spiro atoms. The van der Waals surface area contributed by atoms with Crippen LogP contribution in [0.1, 0.15) is 18.1 Å². The third-order valence-electron chi connectivity index (χ3n) is 4.23. The first-order chi connectivity index (χ1) is 10.6. The SMILES string of the molecule is CC1CN(C)c2ccccc2CN1c1cccc(F)c1C#N. The normalized spacial score (nSPS) is 17.6. The fraction of sp³-hybridized carbons (Fsp3) is 0.278. The van der Waals surface area contributed by atoms with Crippen molar-refractivity contribution < 1.29 is 4.39 Å². The third kappa shape index (κ3) is 2.39. The van der Waals surface area contributed by atoms with Crippen LogP contribution in [0, 0.1) is 17.1 Å². The number of halogens is 1. The van der Waals surface area contributed by atoms with Crippen LogP contribution in [0.3, 0.4) is 0 Å². The smallest absolute Gasteiger partial charge is 0.143 e. The molecule has 2 aromatic rings. The summed E-state index contributed by atoms with van der Waals surface area (Å²) >= 11 is 0. The summed E-state index contributed by atoms with van der Waals surface area (Å²) in [5.41, 5.74) is 3.16. The molecule has 1 heterocycles. The average Bonchev–Trinajstić information content (AvgIpc) is 2.64. The second-order valence-electron chi connectivity index (χ2n) is 5.73. The van der Waals surface area contributed by atoms with Crippen molar-refractivity contribution in [2.75, 3.05) is 23.4 Å². The van der Waals surface area contributed by atoms with Crippen LogP contribution in [0.5, 0.6) is 0 Å². The topological polar surface area (TPSA) is 30.3 Å². The molecule has 1 unspecified atom stereocenters. The van der Waals surface area contributed by atoms with Gasteiger partial charge in [0.1, 0.15) is 17.4 Å². The van der Waals surface area contributed by atoms with Crippen molar-refractivity contribution in [2.45, 2.75) is 19.5 Å². The highest BCUT2D eigenvalue weighted by Crippen LogP contribution is 2.32. The van der Waals surface area contributed by atoms with Gasteiger partial charge in [-0.15, -0.1) is 0 Å². The Bertz CT molecular complexity index is 735. The monoisotopic (exact) mass is 295 g/mol. The molecule has 1 atom stereocenters. The maximum Gasteiger partial charge on any atom is 0.143 e. The molecule has 4 heteroatoms. The van der Waals surface area contributed by atoms with Gasteiger partial charge in [0.05, 0.1) is 5.69 Å². The molecule has 0 radical (unpaired) electrons. The number of para-hydroxylation sites is 1. The predicted octanol–water partition coefficient (Wildman–Crippen LogP) is 3.54. The zero-order chi connectivity index (χ0) is 15.7. The summed E-state index contributed by atoms with van der Waals surface area (Å²) in [6.07, 6.45) is 0. The molecule has 22 heavy (non-hydrogen) atoms. The van der Waals surface area contributed by atoms with E-state index in [1.54, 1.807) is 6.07 Å². The fourth-order valence-corrected chi connectivity index (χ4v) is 3.13. The molecule has 0 amide bonds. The molecule has 112 valence electrons. The number of nitriles is 1. The molecule has 0 saturated carbocycles. The molecule has 3 nitrogen and oxygen atoms in total. The number of nitrogens with zero attached hydrogens (tertiary/aromatic N) is 3. The van der Waals surface area contributed by atoms with Gasteiger partial charge in [-0.05, 0) is 30.7 Å². The predicted molar refractivity (Wildman–Crippen MR) is 86.5 cm³/mol. The summed E-state index contributed by atoms with van der Waals surface area (Å²) in [4.78, 5) is 4.33. The van der Waals surface area contributed by atoms with E-state index in [2.05, 4.69) is 35.9 Å². The summed E-state index contributed by atoms with van der Waals surface area (Å²) in [5, 5.41) is 9.31. The quantitative estimate of drug-likeness (QED) is 0.806. The molecule has 0 saturated heterocycles. The molecule has 0 aromatic heterocycles. The third-order valence-corrected chi connectivity index (χ3v) is 4.23. The minimum absolute atomic E-state index is 0.122. The number of fused-ring (bicyclic) bond motifs is 1. The van der Waals surface area contributed by atoms with Crippen LogP contribution in [0.2, 0.25) is 0 Å². The summed E-state index contributed by atoms with van der Waals surface area (Å²) < 4.78 is 13.9. The van der Waals surface area contributed by atoms with Crippen LogP contribution in [-0.2, 0) is 6.54 Å². The minimum atomic E-state index is -0.460. The van der Waals surface area contributed by atoms with E-state index in [4.69, 9.17) is 0 Å². The number of anilines is 2. The van der Waals surface area contributed by atoms with Gasteiger partial charge in [0.15, 0.2) is 0 Å². The minimum Gasteiger partial charge on any atom is -0.372 e. The van der Waals surface area contributed by atoms with E-state index < -0.39 is 5.82 Å². The maximum absolute atomic E-state index is 13.9. The summed E-state index contributed by atoms with van der Waals surface area (Å²) in [5.74, 6) is -0.460. The molecule has 0 aliphatic carbocycles. The lowest BCUT2D eigenvalue weighted by atomic mass is 10.1. The lowest BCUT2D eigenvalue weighted by Gasteiger charge is -2.31. The van der Waals surface area contributed by atoms with Crippen LogP contribution in [0.15, 0.2) is 42.5 Å². The second-order valence-corrected chi connectivity index (χ2v) is 5.73. The number of likely N-dealkylation sites (N-methyl/N-ethyl adjacent to an activating group) is 1. The van der Waals surface area contributed by atoms with E-state index in [9.17, 15) is 9.65 Å². The highest BCUT2D eigenvalue weighted by Gasteiger charge is 2.25. The summed E-state index contributed by atoms with van der Waals surface area (Å²) in [7, 11) is 2.07. The van der Waals surface area contributed by atoms with Gasteiger partial charge in [-0.3, -0.25) is 0 Å². The van der Waals surface area contributed by atoms with Crippen molar-refractivity contribution in [1.29, 1.82) is 5.26 Å². The first kappa shape index (κ1) is 14.4. The lowest BCUT2D eigenvalue weighted by Crippen LogP contribution is -2.38. The van der Waals surface area contributed by atoms with Gasteiger partial charge in [-0.1, -0.05) is 24.3 Å².